The van der Waals surface area contributed by atoms with Crippen molar-refractivity contribution in [3.05, 3.63) is 16.3 Å². The molecule has 0 spiro atoms. The molecule has 2 aromatic heterocycles. The van der Waals surface area contributed by atoms with Crippen LogP contribution in [0.4, 0.5) is 5.82 Å². The first-order chi connectivity index (χ1) is 12.8. The number of anilines is 1. The maximum Gasteiger partial charge on any atom is 0.146 e. The first-order valence-electron chi connectivity index (χ1n) is 10.1. The summed E-state index contributed by atoms with van der Waals surface area (Å²) < 4.78 is 0. The number of Topliss-reactive ketones (excluding diaryl/α,β-unsaturated/α-hetero) is 1. The van der Waals surface area contributed by atoms with Gasteiger partial charge in [-0.1, -0.05) is 6.42 Å². The molecule has 0 bridgehead atoms. The van der Waals surface area contributed by atoms with Crippen molar-refractivity contribution in [2.75, 3.05) is 31.1 Å². The number of piperidine rings is 2. The molecule has 1 aliphatic carbocycles. The predicted octanol–water partition coefficient (Wildman–Crippen LogP) is 3.34. The number of carbonyl (C=O) groups excluding carboxylic acids is 1. The number of nitrogens with zero attached hydrogens (tertiary/aromatic N) is 4. The molecule has 2 saturated heterocycles. The van der Waals surface area contributed by atoms with Gasteiger partial charge in [-0.2, -0.15) is 0 Å². The van der Waals surface area contributed by atoms with E-state index in [0.717, 1.165) is 50.8 Å². The summed E-state index contributed by atoms with van der Waals surface area (Å²) in [7, 11) is 0. The van der Waals surface area contributed by atoms with E-state index in [4.69, 9.17) is 9.97 Å². The van der Waals surface area contributed by atoms with Crippen LogP contribution >= 0.6 is 11.3 Å². The summed E-state index contributed by atoms with van der Waals surface area (Å²) >= 11 is 1.88. The Bertz CT molecular complexity index is 830. The SMILES string of the molecule is O=C1CCN(c2nc(CN3CCCCC3)nc3sc4c(c23)CCC4)CC1. The van der Waals surface area contributed by atoms with Crippen molar-refractivity contribution in [2.24, 2.45) is 0 Å². The van der Waals surface area contributed by atoms with E-state index in [1.54, 1.807) is 0 Å². The number of likely N-dealkylation sites (tertiary alicyclic amines) is 1. The van der Waals surface area contributed by atoms with E-state index in [0.29, 0.717) is 18.6 Å². The standard InChI is InChI=1S/C20H26N4OS/c25-14-7-11-24(12-8-14)19-18-15-5-4-6-16(15)26-20(18)22-17(21-19)13-23-9-2-1-3-10-23/h1-13H2. The number of aromatic nitrogens is 2. The number of hydrogen-bond acceptors (Lipinski definition) is 6. The van der Waals surface area contributed by atoms with Gasteiger partial charge in [0.25, 0.3) is 0 Å². The smallest absolute Gasteiger partial charge is 0.146 e. The van der Waals surface area contributed by atoms with Gasteiger partial charge in [-0.05, 0) is 50.8 Å². The predicted molar refractivity (Wildman–Crippen MR) is 105 cm³/mol. The molecule has 2 fully saturated rings. The van der Waals surface area contributed by atoms with Gasteiger partial charge >= 0.3 is 0 Å². The van der Waals surface area contributed by atoms with Crippen LogP contribution in [0.5, 0.6) is 0 Å². The summed E-state index contributed by atoms with van der Waals surface area (Å²) in [4.78, 5) is 29.3. The highest BCUT2D eigenvalue weighted by molar-refractivity contribution is 7.19. The molecule has 0 radical (unpaired) electrons. The maximum atomic E-state index is 11.7. The van der Waals surface area contributed by atoms with Crippen LogP contribution in [0.3, 0.4) is 0 Å². The van der Waals surface area contributed by atoms with Crippen LogP contribution in [0.25, 0.3) is 10.2 Å². The maximum absolute atomic E-state index is 11.7. The molecule has 0 saturated carbocycles. The van der Waals surface area contributed by atoms with Gasteiger partial charge in [0.05, 0.1) is 11.9 Å². The third-order valence-corrected chi connectivity index (χ3v) is 7.21. The van der Waals surface area contributed by atoms with Crippen molar-refractivity contribution in [1.29, 1.82) is 0 Å². The monoisotopic (exact) mass is 370 g/mol. The summed E-state index contributed by atoms with van der Waals surface area (Å²) in [5.41, 5.74) is 1.49. The zero-order chi connectivity index (χ0) is 17.5. The van der Waals surface area contributed by atoms with Crippen LogP contribution in [0.1, 0.15) is 54.8 Å². The topological polar surface area (TPSA) is 49.3 Å². The Labute approximate surface area is 158 Å². The molecular formula is C20H26N4OS. The molecule has 2 aromatic rings. The molecule has 2 aliphatic heterocycles. The molecule has 0 unspecified atom stereocenters. The Balaban J connectivity index is 1.54. The van der Waals surface area contributed by atoms with E-state index in [1.807, 2.05) is 11.3 Å². The van der Waals surface area contributed by atoms with Crippen LogP contribution < -0.4 is 4.90 Å². The lowest BCUT2D eigenvalue weighted by Crippen LogP contribution is -2.35. The van der Waals surface area contributed by atoms with Gasteiger partial charge in [0.15, 0.2) is 0 Å². The lowest BCUT2D eigenvalue weighted by Gasteiger charge is -2.29. The molecule has 5 nitrogen and oxygen atoms in total. The highest BCUT2D eigenvalue weighted by Crippen LogP contribution is 2.41. The first-order valence-corrected chi connectivity index (χ1v) is 10.9. The van der Waals surface area contributed by atoms with E-state index in [-0.39, 0.29) is 0 Å². The van der Waals surface area contributed by atoms with Gasteiger partial charge in [0, 0.05) is 30.8 Å². The molecule has 0 N–H and O–H groups in total. The molecule has 0 amide bonds. The summed E-state index contributed by atoms with van der Waals surface area (Å²) in [6.45, 7) is 4.79. The molecular weight excluding hydrogens is 344 g/mol. The fraction of sp³-hybridized carbons (Fsp3) is 0.650. The third-order valence-electron chi connectivity index (χ3n) is 6.03. The summed E-state index contributed by atoms with van der Waals surface area (Å²) in [6.07, 6.45) is 8.83. The minimum Gasteiger partial charge on any atom is -0.355 e. The molecule has 6 heteroatoms. The van der Waals surface area contributed by atoms with Crippen molar-refractivity contribution < 1.29 is 4.79 Å². The Morgan fingerprint density at radius 1 is 0.885 bits per heavy atom. The Morgan fingerprint density at radius 2 is 1.69 bits per heavy atom. The van der Waals surface area contributed by atoms with Crippen molar-refractivity contribution in [2.45, 2.75) is 57.9 Å². The van der Waals surface area contributed by atoms with Crippen molar-refractivity contribution in [1.82, 2.24) is 14.9 Å². The number of fused-ring (bicyclic) bond motifs is 3. The second-order valence-corrected chi connectivity index (χ2v) is 8.95. The van der Waals surface area contributed by atoms with Crippen molar-refractivity contribution in [3.63, 3.8) is 0 Å². The number of hydrogen-bond donors (Lipinski definition) is 0. The number of thiophene rings is 1. The number of rotatable bonds is 3. The van der Waals surface area contributed by atoms with Crippen LogP contribution in [-0.2, 0) is 24.2 Å². The summed E-state index contributed by atoms with van der Waals surface area (Å²) in [6, 6.07) is 0. The van der Waals surface area contributed by atoms with Crippen LogP contribution in [-0.4, -0.2) is 46.8 Å². The number of aryl methyl sites for hydroxylation is 2. The fourth-order valence-electron chi connectivity index (χ4n) is 4.60. The fourth-order valence-corrected chi connectivity index (χ4v) is 5.88. The van der Waals surface area contributed by atoms with E-state index < -0.39 is 0 Å². The van der Waals surface area contributed by atoms with Crippen LogP contribution in [0, 0.1) is 0 Å². The first kappa shape index (κ1) is 16.6. The van der Waals surface area contributed by atoms with Crippen LogP contribution in [0.2, 0.25) is 0 Å². The average Bonchev–Trinajstić information content (AvgIpc) is 3.23. The summed E-state index contributed by atoms with van der Waals surface area (Å²) in [5.74, 6) is 2.45. The van der Waals surface area contributed by atoms with Gasteiger partial charge < -0.3 is 4.90 Å². The minimum absolute atomic E-state index is 0.385. The van der Waals surface area contributed by atoms with Gasteiger partial charge in [0.2, 0.25) is 0 Å². The zero-order valence-electron chi connectivity index (χ0n) is 15.3. The molecule has 3 aliphatic rings. The van der Waals surface area contributed by atoms with Gasteiger partial charge in [-0.15, -0.1) is 11.3 Å². The molecule has 138 valence electrons. The molecule has 26 heavy (non-hydrogen) atoms. The lowest BCUT2D eigenvalue weighted by molar-refractivity contribution is -0.119. The largest absolute Gasteiger partial charge is 0.355 e. The number of carbonyl (C=O) groups is 1. The van der Waals surface area contributed by atoms with Crippen molar-refractivity contribution in [3.8, 4) is 0 Å². The molecule has 0 aromatic carbocycles. The Morgan fingerprint density at radius 3 is 2.50 bits per heavy atom. The normalized spacial score (nSPS) is 21.5. The minimum atomic E-state index is 0.385. The van der Waals surface area contributed by atoms with Gasteiger partial charge in [-0.3, -0.25) is 9.69 Å². The zero-order valence-corrected chi connectivity index (χ0v) is 16.1. The summed E-state index contributed by atoms with van der Waals surface area (Å²) in [5, 5.41) is 1.29. The second-order valence-electron chi connectivity index (χ2n) is 7.86. The van der Waals surface area contributed by atoms with E-state index in [9.17, 15) is 4.79 Å². The second kappa shape index (κ2) is 6.89. The highest BCUT2D eigenvalue weighted by atomic mass is 32.1. The average molecular weight is 371 g/mol. The van der Waals surface area contributed by atoms with E-state index in [2.05, 4.69) is 9.80 Å². The lowest BCUT2D eigenvalue weighted by atomic mass is 10.1. The van der Waals surface area contributed by atoms with Crippen molar-refractivity contribution >= 4 is 33.2 Å². The molecule has 5 rings (SSSR count). The third kappa shape index (κ3) is 3.03. The Kier molecular flexibility index (Phi) is 4.41. The van der Waals surface area contributed by atoms with E-state index in [1.165, 1.54) is 52.8 Å². The van der Waals surface area contributed by atoms with Gasteiger partial charge in [0.1, 0.15) is 22.3 Å². The molecule has 4 heterocycles. The Hall–Kier alpha value is -1.53. The number of ketones is 1. The van der Waals surface area contributed by atoms with Crippen LogP contribution in [0.15, 0.2) is 0 Å². The highest BCUT2D eigenvalue weighted by Gasteiger charge is 2.27. The van der Waals surface area contributed by atoms with E-state index >= 15 is 0 Å². The van der Waals surface area contributed by atoms with Gasteiger partial charge in [-0.25, -0.2) is 9.97 Å². The molecule has 0 atom stereocenters. The quantitative estimate of drug-likeness (QED) is 0.829.